The quantitative estimate of drug-likeness (QED) is 0.631. The van der Waals surface area contributed by atoms with Crippen molar-refractivity contribution in [3.8, 4) is 0 Å². The Bertz CT molecular complexity index is 895. The van der Waals surface area contributed by atoms with Crippen LogP contribution in [0.3, 0.4) is 0 Å². The molecule has 0 saturated carbocycles. The van der Waals surface area contributed by atoms with Crippen LogP contribution in [-0.2, 0) is 11.3 Å². The second-order valence-electron chi connectivity index (χ2n) is 5.83. The molecule has 0 radical (unpaired) electrons. The van der Waals surface area contributed by atoms with Gasteiger partial charge in [0.1, 0.15) is 0 Å². The zero-order chi connectivity index (χ0) is 18.4. The van der Waals surface area contributed by atoms with E-state index in [-0.39, 0.29) is 5.91 Å². The fourth-order valence-corrected chi connectivity index (χ4v) is 2.41. The minimum Gasteiger partial charge on any atom is -0.349 e. The SMILES string of the molecule is CC(=O)Nc1ccc(Nc2cnnc(NCc3ccccc3C)n2)cc1. The minimum absolute atomic E-state index is 0.102. The Hall–Kier alpha value is -3.48. The van der Waals surface area contributed by atoms with E-state index < -0.39 is 0 Å². The number of aryl methyl sites for hydroxylation is 1. The fraction of sp³-hybridized carbons (Fsp3) is 0.158. The summed E-state index contributed by atoms with van der Waals surface area (Å²) in [7, 11) is 0. The number of hydrogen-bond donors (Lipinski definition) is 3. The maximum atomic E-state index is 11.1. The van der Waals surface area contributed by atoms with Crippen LogP contribution in [0.5, 0.6) is 0 Å². The first-order valence-corrected chi connectivity index (χ1v) is 8.23. The maximum Gasteiger partial charge on any atom is 0.244 e. The van der Waals surface area contributed by atoms with Crippen molar-refractivity contribution in [2.75, 3.05) is 16.0 Å². The first kappa shape index (κ1) is 17.3. The van der Waals surface area contributed by atoms with Crippen LogP contribution in [-0.4, -0.2) is 21.1 Å². The predicted octanol–water partition coefficient (Wildman–Crippen LogP) is 3.49. The highest BCUT2D eigenvalue weighted by Crippen LogP contribution is 2.18. The third-order valence-electron chi connectivity index (χ3n) is 3.73. The summed E-state index contributed by atoms with van der Waals surface area (Å²) in [4.78, 5) is 15.5. The van der Waals surface area contributed by atoms with Gasteiger partial charge in [-0.1, -0.05) is 24.3 Å². The van der Waals surface area contributed by atoms with Gasteiger partial charge in [0, 0.05) is 24.8 Å². The van der Waals surface area contributed by atoms with Crippen molar-refractivity contribution < 1.29 is 4.79 Å². The van der Waals surface area contributed by atoms with E-state index >= 15 is 0 Å². The number of nitrogens with one attached hydrogen (secondary N) is 3. The van der Waals surface area contributed by atoms with Gasteiger partial charge in [0.2, 0.25) is 11.9 Å². The van der Waals surface area contributed by atoms with Gasteiger partial charge in [-0.15, -0.1) is 5.10 Å². The predicted molar refractivity (Wildman–Crippen MR) is 102 cm³/mol. The first-order valence-electron chi connectivity index (χ1n) is 8.23. The van der Waals surface area contributed by atoms with Gasteiger partial charge < -0.3 is 16.0 Å². The summed E-state index contributed by atoms with van der Waals surface area (Å²) in [6, 6.07) is 15.5. The number of rotatable bonds is 6. The van der Waals surface area contributed by atoms with Gasteiger partial charge in [0.15, 0.2) is 5.82 Å². The van der Waals surface area contributed by atoms with Crippen molar-refractivity contribution in [3.05, 3.63) is 65.9 Å². The van der Waals surface area contributed by atoms with Gasteiger partial charge in [0.05, 0.1) is 6.20 Å². The summed E-state index contributed by atoms with van der Waals surface area (Å²) in [5, 5.41) is 17.1. The average molecular weight is 348 g/mol. The Morgan fingerprint density at radius 3 is 2.50 bits per heavy atom. The van der Waals surface area contributed by atoms with Gasteiger partial charge in [-0.2, -0.15) is 10.1 Å². The molecule has 0 fully saturated rings. The Morgan fingerprint density at radius 2 is 1.77 bits per heavy atom. The number of carbonyl (C=O) groups is 1. The molecule has 1 aromatic heterocycles. The average Bonchev–Trinajstić information content (AvgIpc) is 2.63. The third kappa shape index (κ3) is 4.76. The van der Waals surface area contributed by atoms with Crippen LogP contribution in [0.25, 0.3) is 0 Å². The Morgan fingerprint density at radius 1 is 1.04 bits per heavy atom. The van der Waals surface area contributed by atoms with Crippen LogP contribution >= 0.6 is 0 Å². The topological polar surface area (TPSA) is 91.8 Å². The lowest BCUT2D eigenvalue weighted by Gasteiger charge is -2.09. The van der Waals surface area contributed by atoms with E-state index in [1.165, 1.54) is 18.1 Å². The molecule has 3 N–H and O–H groups in total. The largest absolute Gasteiger partial charge is 0.349 e. The number of benzene rings is 2. The molecule has 0 unspecified atom stereocenters. The van der Waals surface area contributed by atoms with Crippen molar-refractivity contribution >= 4 is 29.0 Å². The molecule has 7 heteroatoms. The second-order valence-corrected chi connectivity index (χ2v) is 5.83. The van der Waals surface area contributed by atoms with Crippen molar-refractivity contribution in [2.24, 2.45) is 0 Å². The fourth-order valence-electron chi connectivity index (χ4n) is 2.41. The molecule has 0 atom stereocenters. The van der Waals surface area contributed by atoms with Crippen LogP contribution in [0, 0.1) is 6.92 Å². The molecular formula is C19H20N6O. The summed E-state index contributed by atoms with van der Waals surface area (Å²) < 4.78 is 0. The van der Waals surface area contributed by atoms with Crippen molar-refractivity contribution in [2.45, 2.75) is 20.4 Å². The summed E-state index contributed by atoms with van der Waals surface area (Å²) in [5.74, 6) is 0.933. The Balaban J connectivity index is 1.63. The highest BCUT2D eigenvalue weighted by molar-refractivity contribution is 5.88. The normalized spacial score (nSPS) is 10.2. The molecule has 0 spiro atoms. The van der Waals surface area contributed by atoms with Crippen molar-refractivity contribution in [1.29, 1.82) is 0 Å². The van der Waals surface area contributed by atoms with Crippen LogP contribution in [0.1, 0.15) is 18.1 Å². The number of aromatic nitrogens is 3. The molecule has 7 nitrogen and oxygen atoms in total. The summed E-state index contributed by atoms with van der Waals surface area (Å²) in [6.07, 6.45) is 1.56. The maximum absolute atomic E-state index is 11.1. The molecule has 1 heterocycles. The lowest BCUT2D eigenvalue weighted by Crippen LogP contribution is -2.07. The molecule has 1 amide bonds. The van der Waals surface area contributed by atoms with Gasteiger partial charge in [0.25, 0.3) is 0 Å². The zero-order valence-corrected chi connectivity index (χ0v) is 14.7. The summed E-state index contributed by atoms with van der Waals surface area (Å²) >= 11 is 0. The Labute approximate surface area is 151 Å². The molecule has 2 aromatic carbocycles. The number of hydrogen-bond acceptors (Lipinski definition) is 6. The van der Waals surface area contributed by atoms with E-state index in [9.17, 15) is 4.79 Å². The molecular weight excluding hydrogens is 328 g/mol. The smallest absolute Gasteiger partial charge is 0.244 e. The van der Waals surface area contributed by atoms with Gasteiger partial charge in [-0.25, -0.2) is 0 Å². The van der Waals surface area contributed by atoms with Crippen LogP contribution < -0.4 is 16.0 Å². The number of anilines is 4. The molecule has 0 aliphatic carbocycles. The standard InChI is InChI=1S/C19H20N6O/c1-13-5-3-4-6-15(13)11-20-19-24-18(12-21-25-19)23-17-9-7-16(8-10-17)22-14(2)26/h3-10,12H,11H2,1-2H3,(H,22,26)(H2,20,23,24,25). The van der Waals surface area contributed by atoms with Gasteiger partial charge in [-0.3, -0.25) is 4.79 Å². The molecule has 0 aliphatic heterocycles. The van der Waals surface area contributed by atoms with Crippen LogP contribution in [0.2, 0.25) is 0 Å². The molecule has 0 aliphatic rings. The second kappa shape index (κ2) is 8.06. The van der Waals surface area contributed by atoms with Crippen molar-refractivity contribution in [3.63, 3.8) is 0 Å². The molecule has 132 valence electrons. The number of nitrogens with zero attached hydrogens (tertiary/aromatic N) is 3. The molecule has 26 heavy (non-hydrogen) atoms. The molecule has 3 aromatic rings. The first-order chi connectivity index (χ1) is 12.6. The highest BCUT2D eigenvalue weighted by atomic mass is 16.1. The monoisotopic (exact) mass is 348 g/mol. The summed E-state index contributed by atoms with van der Waals surface area (Å²) in [6.45, 7) is 4.17. The minimum atomic E-state index is -0.102. The number of amides is 1. The van der Waals surface area contributed by atoms with E-state index in [0.29, 0.717) is 18.3 Å². The zero-order valence-electron chi connectivity index (χ0n) is 14.7. The lowest BCUT2D eigenvalue weighted by molar-refractivity contribution is -0.114. The molecule has 3 rings (SSSR count). The summed E-state index contributed by atoms with van der Waals surface area (Å²) in [5.41, 5.74) is 3.97. The van der Waals surface area contributed by atoms with E-state index in [4.69, 9.17) is 0 Å². The van der Waals surface area contributed by atoms with Gasteiger partial charge in [-0.05, 0) is 42.3 Å². The van der Waals surface area contributed by atoms with Crippen LogP contribution in [0.4, 0.5) is 23.1 Å². The van der Waals surface area contributed by atoms with Crippen molar-refractivity contribution in [1.82, 2.24) is 15.2 Å². The van der Waals surface area contributed by atoms with Gasteiger partial charge >= 0.3 is 0 Å². The Kier molecular flexibility index (Phi) is 5.38. The van der Waals surface area contributed by atoms with E-state index in [1.54, 1.807) is 6.20 Å². The molecule has 0 bridgehead atoms. The van der Waals surface area contributed by atoms with E-state index in [1.807, 2.05) is 36.4 Å². The highest BCUT2D eigenvalue weighted by Gasteiger charge is 2.03. The molecule has 0 saturated heterocycles. The third-order valence-corrected chi connectivity index (χ3v) is 3.73. The van der Waals surface area contributed by atoms with Crippen LogP contribution in [0.15, 0.2) is 54.7 Å². The lowest BCUT2D eigenvalue weighted by atomic mass is 10.1. The number of carbonyl (C=O) groups excluding carboxylic acids is 1. The van der Waals surface area contributed by atoms with E-state index in [2.05, 4.69) is 50.2 Å². The van der Waals surface area contributed by atoms with E-state index in [0.717, 1.165) is 11.4 Å².